The van der Waals surface area contributed by atoms with Gasteiger partial charge in [-0.25, -0.2) is 4.39 Å². The predicted molar refractivity (Wildman–Crippen MR) is 90.1 cm³/mol. The summed E-state index contributed by atoms with van der Waals surface area (Å²) in [7, 11) is 3.71. The largest absolute Gasteiger partial charge is 0.366 e. The molecule has 0 spiro atoms. The molecule has 2 aromatic rings. The third kappa shape index (κ3) is 4.39. The van der Waals surface area contributed by atoms with E-state index in [1.807, 2.05) is 25.1 Å². The Hall–Kier alpha value is -2.73. The molecular weight excluding hydrogens is 309 g/mol. The average Bonchev–Trinajstić information content (AvgIpc) is 2.54. The number of primary amides is 1. The highest BCUT2D eigenvalue weighted by Crippen LogP contribution is 2.18. The zero-order valence-corrected chi connectivity index (χ0v) is 13.6. The molecule has 0 fully saturated rings. The number of halogens is 1. The fourth-order valence-corrected chi connectivity index (χ4v) is 2.42. The van der Waals surface area contributed by atoms with E-state index in [-0.39, 0.29) is 23.3 Å². The lowest BCUT2D eigenvalue weighted by Crippen LogP contribution is -2.34. The molecule has 2 aromatic carbocycles. The first-order chi connectivity index (χ1) is 11.4. The highest BCUT2D eigenvalue weighted by atomic mass is 19.1. The Bertz CT molecular complexity index is 747. The molecule has 3 N–H and O–H groups in total. The van der Waals surface area contributed by atoms with Gasteiger partial charge < -0.3 is 16.0 Å². The van der Waals surface area contributed by atoms with Gasteiger partial charge in [0.1, 0.15) is 5.82 Å². The first kappa shape index (κ1) is 17.6. The Morgan fingerprint density at radius 2 is 1.79 bits per heavy atom. The second-order valence-corrected chi connectivity index (χ2v) is 5.69. The van der Waals surface area contributed by atoms with Crippen molar-refractivity contribution in [2.75, 3.05) is 20.6 Å². The summed E-state index contributed by atoms with van der Waals surface area (Å²) in [6.45, 7) is 0.302. The summed E-state index contributed by atoms with van der Waals surface area (Å²) in [5.41, 5.74) is 6.62. The van der Waals surface area contributed by atoms with Crippen LogP contribution in [-0.4, -0.2) is 37.4 Å². The van der Waals surface area contributed by atoms with E-state index < -0.39 is 5.91 Å². The number of benzene rings is 2. The third-order valence-electron chi connectivity index (χ3n) is 3.72. The zero-order valence-electron chi connectivity index (χ0n) is 13.6. The fourth-order valence-electron chi connectivity index (χ4n) is 2.42. The summed E-state index contributed by atoms with van der Waals surface area (Å²) in [6, 6.07) is 12.3. The van der Waals surface area contributed by atoms with E-state index in [2.05, 4.69) is 5.32 Å². The molecule has 1 unspecified atom stereocenters. The van der Waals surface area contributed by atoms with Gasteiger partial charge in [-0.1, -0.05) is 18.2 Å². The van der Waals surface area contributed by atoms with E-state index >= 15 is 0 Å². The Balaban J connectivity index is 2.10. The number of nitrogens with one attached hydrogen (secondary N) is 1. The molecule has 2 amide bonds. The number of hydrogen-bond acceptors (Lipinski definition) is 3. The second kappa shape index (κ2) is 7.70. The second-order valence-electron chi connectivity index (χ2n) is 5.69. The van der Waals surface area contributed by atoms with Crippen LogP contribution < -0.4 is 11.1 Å². The standard InChI is InChI=1S/C18H20FN3O2/c1-22(2)16(12-5-4-8-15(19)10-12)11-21-18(24)14-7-3-6-13(9-14)17(20)23/h3-10,16H,11H2,1-2H3,(H2,20,23)(H,21,24). The molecule has 5 nitrogen and oxygen atoms in total. The molecule has 0 aliphatic heterocycles. The minimum absolute atomic E-state index is 0.177. The maximum Gasteiger partial charge on any atom is 0.251 e. The van der Waals surface area contributed by atoms with Gasteiger partial charge in [-0.3, -0.25) is 9.59 Å². The molecule has 0 saturated carbocycles. The van der Waals surface area contributed by atoms with Gasteiger partial charge in [-0.2, -0.15) is 0 Å². The van der Waals surface area contributed by atoms with Crippen molar-refractivity contribution in [3.05, 3.63) is 71.0 Å². The number of likely N-dealkylation sites (N-methyl/N-ethyl adjacent to an activating group) is 1. The van der Waals surface area contributed by atoms with Crippen LogP contribution in [0.5, 0.6) is 0 Å². The van der Waals surface area contributed by atoms with Gasteiger partial charge >= 0.3 is 0 Å². The number of amides is 2. The molecule has 0 aromatic heterocycles. The van der Waals surface area contributed by atoms with Gasteiger partial charge in [0.05, 0.1) is 6.04 Å². The molecule has 126 valence electrons. The van der Waals surface area contributed by atoms with E-state index in [9.17, 15) is 14.0 Å². The van der Waals surface area contributed by atoms with E-state index in [0.717, 1.165) is 5.56 Å². The fraction of sp³-hybridized carbons (Fsp3) is 0.222. The monoisotopic (exact) mass is 329 g/mol. The van der Waals surface area contributed by atoms with Gasteiger partial charge in [0.15, 0.2) is 0 Å². The zero-order chi connectivity index (χ0) is 17.7. The van der Waals surface area contributed by atoms with Crippen LogP contribution in [-0.2, 0) is 0 Å². The highest BCUT2D eigenvalue weighted by molar-refractivity contribution is 5.99. The number of nitrogens with two attached hydrogens (primary N) is 1. The number of carbonyl (C=O) groups is 2. The van der Waals surface area contributed by atoms with Crippen LogP contribution in [0.15, 0.2) is 48.5 Å². The number of carbonyl (C=O) groups excluding carboxylic acids is 2. The normalized spacial score (nSPS) is 12.0. The lowest BCUT2D eigenvalue weighted by atomic mass is 10.1. The number of hydrogen-bond donors (Lipinski definition) is 2. The molecule has 24 heavy (non-hydrogen) atoms. The topological polar surface area (TPSA) is 75.4 Å². The van der Waals surface area contributed by atoms with E-state index in [4.69, 9.17) is 5.73 Å². The molecule has 0 heterocycles. The lowest BCUT2D eigenvalue weighted by Gasteiger charge is -2.25. The third-order valence-corrected chi connectivity index (χ3v) is 3.72. The molecule has 6 heteroatoms. The van der Waals surface area contributed by atoms with Gasteiger partial charge in [-0.05, 0) is 50.0 Å². The molecule has 1 atom stereocenters. The lowest BCUT2D eigenvalue weighted by molar-refractivity contribution is 0.0942. The van der Waals surface area contributed by atoms with Gasteiger partial charge in [-0.15, -0.1) is 0 Å². The Morgan fingerprint density at radius 3 is 2.42 bits per heavy atom. The van der Waals surface area contributed by atoms with Crippen LogP contribution in [0.3, 0.4) is 0 Å². The van der Waals surface area contributed by atoms with Crippen molar-refractivity contribution in [3.8, 4) is 0 Å². The van der Waals surface area contributed by atoms with Crippen molar-refractivity contribution in [3.63, 3.8) is 0 Å². The summed E-state index contributed by atoms with van der Waals surface area (Å²) < 4.78 is 13.4. The Morgan fingerprint density at radius 1 is 1.12 bits per heavy atom. The van der Waals surface area contributed by atoms with Crippen LogP contribution in [0.2, 0.25) is 0 Å². The molecule has 0 saturated heterocycles. The van der Waals surface area contributed by atoms with Crippen LogP contribution in [0.25, 0.3) is 0 Å². The van der Waals surface area contributed by atoms with Gasteiger partial charge in [0, 0.05) is 17.7 Å². The number of nitrogens with zero attached hydrogens (tertiary/aromatic N) is 1. The van der Waals surface area contributed by atoms with Crippen LogP contribution in [0.1, 0.15) is 32.3 Å². The van der Waals surface area contributed by atoms with Crippen LogP contribution in [0, 0.1) is 5.82 Å². The van der Waals surface area contributed by atoms with Gasteiger partial charge in [0.2, 0.25) is 5.91 Å². The Kier molecular flexibility index (Phi) is 5.65. The maximum atomic E-state index is 13.4. The summed E-state index contributed by atoms with van der Waals surface area (Å²) in [4.78, 5) is 25.4. The number of rotatable bonds is 6. The van der Waals surface area contributed by atoms with Gasteiger partial charge in [0.25, 0.3) is 5.91 Å². The minimum Gasteiger partial charge on any atom is -0.366 e. The SMILES string of the molecule is CN(C)C(CNC(=O)c1cccc(C(N)=O)c1)c1cccc(F)c1. The van der Waals surface area contributed by atoms with Crippen molar-refractivity contribution < 1.29 is 14.0 Å². The van der Waals surface area contributed by atoms with Crippen molar-refractivity contribution in [2.45, 2.75) is 6.04 Å². The molecule has 0 radical (unpaired) electrons. The molecule has 0 aliphatic rings. The summed E-state index contributed by atoms with van der Waals surface area (Å²) >= 11 is 0. The molecular formula is C18H20FN3O2. The van der Waals surface area contributed by atoms with Crippen molar-refractivity contribution in [2.24, 2.45) is 5.73 Å². The van der Waals surface area contributed by atoms with Crippen LogP contribution >= 0.6 is 0 Å². The first-order valence-corrected chi connectivity index (χ1v) is 7.48. The van der Waals surface area contributed by atoms with E-state index in [0.29, 0.717) is 12.1 Å². The summed E-state index contributed by atoms with van der Waals surface area (Å²) in [5, 5.41) is 2.81. The van der Waals surface area contributed by atoms with Crippen molar-refractivity contribution in [1.82, 2.24) is 10.2 Å². The van der Waals surface area contributed by atoms with E-state index in [1.165, 1.54) is 18.2 Å². The summed E-state index contributed by atoms with van der Waals surface area (Å²) in [5.74, 6) is -1.23. The first-order valence-electron chi connectivity index (χ1n) is 7.48. The maximum absolute atomic E-state index is 13.4. The van der Waals surface area contributed by atoms with Crippen molar-refractivity contribution in [1.29, 1.82) is 0 Å². The Labute approximate surface area is 140 Å². The predicted octanol–water partition coefficient (Wildman–Crippen LogP) is 1.96. The smallest absolute Gasteiger partial charge is 0.251 e. The minimum atomic E-state index is -0.587. The highest BCUT2D eigenvalue weighted by Gasteiger charge is 2.17. The van der Waals surface area contributed by atoms with Crippen molar-refractivity contribution >= 4 is 11.8 Å². The quantitative estimate of drug-likeness (QED) is 0.851. The van der Waals surface area contributed by atoms with Crippen LogP contribution in [0.4, 0.5) is 4.39 Å². The molecule has 0 bridgehead atoms. The molecule has 2 rings (SSSR count). The summed E-state index contributed by atoms with van der Waals surface area (Å²) in [6.07, 6.45) is 0. The molecule has 0 aliphatic carbocycles. The average molecular weight is 329 g/mol. The van der Waals surface area contributed by atoms with E-state index in [1.54, 1.807) is 24.3 Å².